The zero-order valence-electron chi connectivity index (χ0n) is 15.9. The number of carbonyl (C=O) groups excluding carboxylic acids is 1. The third kappa shape index (κ3) is 4.01. The van der Waals surface area contributed by atoms with Crippen LogP contribution in [-0.2, 0) is 14.4 Å². The van der Waals surface area contributed by atoms with E-state index >= 15 is 0 Å². The summed E-state index contributed by atoms with van der Waals surface area (Å²) in [6.45, 7) is 4.32. The first-order valence-corrected chi connectivity index (χ1v) is 9.39. The van der Waals surface area contributed by atoms with Crippen molar-refractivity contribution in [3.8, 4) is 0 Å². The first-order chi connectivity index (χ1) is 13.3. The number of aromatic nitrogens is 1. The molecule has 1 aromatic carbocycles. The lowest BCUT2D eigenvalue weighted by Gasteiger charge is -2.34. The summed E-state index contributed by atoms with van der Waals surface area (Å²) in [6, 6.07) is 4.37. The van der Waals surface area contributed by atoms with Crippen LogP contribution in [0.4, 0.5) is 5.69 Å². The van der Waals surface area contributed by atoms with Crippen LogP contribution in [0.5, 0.6) is 0 Å². The van der Waals surface area contributed by atoms with Gasteiger partial charge in [-0.3, -0.25) is 19.3 Å². The van der Waals surface area contributed by atoms with Gasteiger partial charge in [0.1, 0.15) is 6.04 Å². The Kier molecular flexibility index (Phi) is 5.69. The quantitative estimate of drug-likeness (QED) is 0.604. The van der Waals surface area contributed by atoms with Crippen molar-refractivity contribution in [2.75, 3.05) is 18.4 Å². The molecule has 0 bridgehead atoms. The lowest BCUT2D eigenvalue weighted by molar-refractivity contribution is -0.149. The zero-order valence-corrected chi connectivity index (χ0v) is 15.9. The molecule has 28 heavy (non-hydrogen) atoms. The Morgan fingerprint density at radius 3 is 2.64 bits per heavy atom. The average Bonchev–Trinajstić information content (AvgIpc) is 3.04. The first-order valence-electron chi connectivity index (χ1n) is 9.39. The second-order valence-corrected chi connectivity index (χ2v) is 7.56. The Labute approximate surface area is 162 Å². The van der Waals surface area contributed by atoms with E-state index in [4.69, 9.17) is 0 Å². The largest absolute Gasteiger partial charge is 0.481 e. The fourth-order valence-corrected chi connectivity index (χ4v) is 3.66. The van der Waals surface area contributed by atoms with Crippen molar-refractivity contribution in [2.45, 2.75) is 32.7 Å². The number of aromatic amines is 1. The van der Waals surface area contributed by atoms with E-state index in [1.54, 1.807) is 43.1 Å². The Morgan fingerprint density at radius 1 is 1.25 bits per heavy atom. The van der Waals surface area contributed by atoms with Crippen LogP contribution < -0.4 is 5.32 Å². The maximum Gasteiger partial charge on any atom is 0.325 e. The number of nitrogens with zero attached hydrogens (tertiary/aromatic N) is 1. The molecule has 8 heteroatoms. The van der Waals surface area contributed by atoms with Crippen LogP contribution in [0.1, 0.15) is 38.3 Å². The van der Waals surface area contributed by atoms with Gasteiger partial charge in [-0.1, -0.05) is 13.8 Å². The molecule has 1 amide bonds. The number of likely N-dealkylation sites (tertiary alicyclic amines) is 1. The van der Waals surface area contributed by atoms with Gasteiger partial charge in [0.2, 0.25) is 5.91 Å². The number of rotatable bonds is 6. The van der Waals surface area contributed by atoms with Crippen molar-refractivity contribution >= 4 is 34.4 Å². The fourth-order valence-electron chi connectivity index (χ4n) is 3.66. The minimum atomic E-state index is -1.02. The summed E-state index contributed by atoms with van der Waals surface area (Å²) in [7, 11) is 0. The van der Waals surface area contributed by atoms with E-state index in [1.165, 1.54) is 0 Å². The number of hydrogen-bond acceptors (Lipinski definition) is 4. The third-order valence-corrected chi connectivity index (χ3v) is 5.20. The molecule has 4 N–H and O–H groups in total. The number of anilines is 1. The second-order valence-electron chi connectivity index (χ2n) is 7.56. The van der Waals surface area contributed by atoms with Crippen molar-refractivity contribution in [2.24, 2.45) is 11.8 Å². The molecule has 1 aliphatic heterocycles. The normalized spacial score (nSPS) is 18.9. The van der Waals surface area contributed by atoms with Crippen LogP contribution in [0.15, 0.2) is 24.4 Å². The van der Waals surface area contributed by atoms with Crippen molar-refractivity contribution in [1.82, 2.24) is 9.88 Å². The van der Waals surface area contributed by atoms with Crippen molar-refractivity contribution in [3.63, 3.8) is 0 Å². The van der Waals surface area contributed by atoms with E-state index in [0.717, 1.165) is 5.52 Å². The number of carboxylic acids is 2. The van der Waals surface area contributed by atoms with Crippen LogP contribution in [0, 0.1) is 11.8 Å². The molecule has 2 heterocycles. The molecule has 0 radical (unpaired) electrons. The van der Waals surface area contributed by atoms with E-state index < -0.39 is 23.9 Å². The predicted molar refractivity (Wildman–Crippen MR) is 104 cm³/mol. The summed E-state index contributed by atoms with van der Waals surface area (Å²) in [5.74, 6) is -2.78. The van der Waals surface area contributed by atoms with Crippen LogP contribution in [-0.4, -0.2) is 51.0 Å². The molecule has 3 rings (SSSR count). The monoisotopic (exact) mass is 387 g/mol. The minimum Gasteiger partial charge on any atom is -0.481 e. The molecule has 0 unspecified atom stereocenters. The zero-order chi connectivity index (χ0) is 20.4. The lowest BCUT2D eigenvalue weighted by Crippen LogP contribution is -2.43. The Hall–Kier alpha value is -2.87. The minimum absolute atomic E-state index is 0.119. The van der Waals surface area contributed by atoms with E-state index in [0.29, 0.717) is 36.0 Å². The molecule has 150 valence electrons. The lowest BCUT2D eigenvalue weighted by atomic mass is 9.94. The number of amides is 1. The van der Waals surface area contributed by atoms with Gasteiger partial charge < -0.3 is 20.5 Å². The number of carbonyl (C=O) groups is 3. The highest BCUT2D eigenvalue weighted by atomic mass is 16.4. The van der Waals surface area contributed by atoms with Gasteiger partial charge >= 0.3 is 11.9 Å². The van der Waals surface area contributed by atoms with Crippen molar-refractivity contribution < 1.29 is 24.6 Å². The fraction of sp³-hybridized carbons (Fsp3) is 0.450. The molecule has 1 fully saturated rings. The number of hydrogen-bond donors (Lipinski definition) is 4. The van der Waals surface area contributed by atoms with Gasteiger partial charge in [-0.15, -0.1) is 0 Å². The van der Waals surface area contributed by atoms with Crippen LogP contribution in [0.2, 0.25) is 0 Å². The van der Waals surface area contributed by atoms with E-state index in [9.17, 15) is 24.6 Å². The van der Waals surface area contributed by atoms with E-state index in [-0.39, 0.29) is 18.4 Å². The number of benzene rings is 1. The molecule has 1 aliphatic rings. The molecule has 8 nitrogen and oxygen atoms in total. The van der Waals surface area contributed by atoms with Gasteiger partial charge in [0.15, 0.2) is 0 Å². The molecule has 0 aliphatic carbocycles. The highest BCUT2D eigenvalue weighted by Crippen LogP contribution is 2.33. The van der Waals surface area contributed by atoms with Gasteiger partial charge in [0.25, 0.3) is 0 Å². The van der Waals surface area contributed by atoms with Gasteiger partial charge in [0, 0.05) is 40.8 Å². The summed E-state index contributed by atoms with van der Waals surface area (Å²) in [4.78, 5) is 40.2. The molecule has 2 aromatic rings. The summed E-state index contributed by atoms with van der Waals surface area (Å²) < 4.78 is 0. The number of fused-ring (bicyclic) bond motifs is 1. The topological polar surface area (TPSA) is 123 Å². The van der Waals surface area contributed by atoms with Crippen LogP contribution in [0.3, 0.4) is 0 Å². The first kappa shape index (κ1) is 19.9. The smallest absolute Gasteiger partial charge is 0.325 e. The second kappa shape index (κ2) is 8.02. The van der Waals surface area contributed by atoms with Crippen LogP contribution in [0.25, 0.3) is 10.9 Å². The maximum absolute atomic E-state index is 12.1. The summed E-state index contributed by atoms with van der Waals surface area (Å²) in [6.07, 6.45) is 2.85. The van der Waals surface area contributed by atoms with Crippen LogP contribution >= 0.6 is 0 Å². The molecule has 1 saturated heterocycles. The van der Waals surface area contributed by atoms with Gasteiger partial charge in [-0.2, -0.15) is 0 Å². The number of aliphatic carboxylic acids is 2. The highest BCUT2D eigenvalue weighted by Gasteiger charge is 2.35. The number of piperidine rings is 1. The standard InChI is InChI=1S/C20H25N3O5/c1-11(2)18(24)22-13-5-6-16-14(8-13)15(9-21-16)17(20(27)28)23-7-3-4-12(10-23)19(25)26/h5-6,8-9,11-12,17,21H,3-4,7,10H2,1-2H3,(H,22,24)(H,25,26)(H,27,28)/t12-,17+/m0/s1. The average molecular weight is 387 g/mol. The number of carboxylic acid groups (broad SMARTS) is 2. The molecular formula is C20H25N3O5. The SMILES string of the molecule is CC(C)C(=O)Nc1ccc2[nH]cc([C@H](C(=O)O)N3CCC[C@H](C(=O)O)C3)c2c1. The molecule has 1 aromatic heterocycles. The van der Waals surface area contributed by atoms with Crippen molar-refractivity contribution in [1.29, 1.82) is 0 Å². The predicted octanol–water partition coefficient (Wildman–Crippen LogP) is 2.68. The summed E-state index contributed by atoms with van der Waals surface area (Å²) in [5, 5.41) is 22.7. The molecule has 2 atom stereocenters. The maximum atomic E-state index is 12.1. The van der Waals surface area contributed by atoms with E-state index in [1.807, 2.05) is 0 Å². The molecular weight excluding hydrogens is 362 g/mol. The molecule has 0 spiro atoms. The highest BCUT2D eigenvalue weighted by molar-refractivity contribution is 5.96. The third-order valence-electron chi connectivity index (χ3n) is 5.20. The molecule has 0 saturated carbocycles. The van der Waals surface area contributed by atoms with Crippen molar-refractivity contribution in [3.05, 3.63) is 30.0 Å². The Bertz CT molecular complexity index is 904. The summed E-state index contributed by atoms with van der Waals surface area (Å²) in [5.41, 5.74) is 1.92. The number of nitrogens with one attached hydrogen (secondary N) is 2. The Morgan fingerprint density at radius 2 is 2.00 bits per heavy atom. The Balaban J connectivity index is 1.95. The number of H-pyrrole nitrogens is 1. The summed E-state index contributed by atoms with van der Waals surface area (Å²) >= 11 is 0. The van der Waals surface area contributed by atoms with E-state index in [2.05, 4.69) is 10.3 Å². The van der Waals surface area contributed by atoms with Gasteiger partial charge in [-0.05, 0) is 37.6 Å². The van der Waals surface area contributed by atoms with Gasteiger partial charge in [0.05, 0.1) is 5.92 Å². The van der Waals surface area contributed by atoms with Gasteiger partial charge in [-0.25, -0.2) is 0 Å².